The predicted octanol–water partition coefficient (Wildman–Crippen LogP) is 15.0. The molecule has 1 aromatic heterocycles. The summed E-state index contributed by atoms with van der Waals surface area (Å²) in [6.45, 7) is 4.70. The first kappa shape index (κ1) is 31.6. The van der Waals surface area contributed by atoms with Crippen LogP contribution >= 0.6 is 0 Å². The van der Waals surface area contributed by atoms with Crippen LogP contribution in [0.2, 0.25) is 0 Å². The largest absolute Gasteiger partial charge is 0.455 e. The average molecular weight is 704 g/mol. The standard InChI is InChI=1S/C53H37NO/c1-53(2)48-20-9-7-17-44(48)45-31-30-40(33-49(45)53)54(38-26-22-35(23-27-38)42-19-11-14-34-12-3-5-15-41(34)42)39-28-24-36(25-29-39)47-32-37-13-4-6-16-43(37)51-46-18-8-10-21-50(46)55-52(47)51/h3-33H,1-2H3. The van der Waals surface area contributed by atoms with Gasteiger partial charge < -0.3 is 9.32 Å². The number of para-hydroxylation sites is 1. The molecule has 11 rings (SSSR count). The maximum atomic E-state index is 6.62. The lowest BCUT2D eigenvalue weighted by atomic mass is 9.82. The second-order valence-electron chi connectivity index (χ2n) is 15.3. The van der Waals surface area contributed by atoms with E-state index in [0.717, 1.165) is 44.7 Å². The van der Waals surface area contributed by atoms with Gasteiger partial charge in [-0.15, -0.1) is 0 Å². The van der Waals surface area contributed by atoms with Gasteiger partial charge in [-0.3, -0.25) is 0 Å². The molecule has 0 saturated heterocycles. The van der Waals surface area contributed by atoms with Gasteiger partial charge in [0, 0.05) is 38.8 Å². The minimum Gasteiger partial charge on any atom is -0.455 e. The van der Waals surface area contributed by atoms with Gasteiger partial charge in [-0.05, 0) is 109 Å². The molecule has 260 valence electrons. The predicted molar refractivity (Wildman–Crippen MR) is 232 cm³/mol. The Balaban J connectivity index is 1.06. The van der Waals surface area contributed by atoms with Crippen molar-refractivity contribution >= 4 is 60.5 Å². The van der Waals surface area contributed by atoms with E-state index in [1.807, 2.05) is 6.07 Å². The highest BCUT2D eigenvalue weighted by Crippen LogP contribution is 2.51. The number of anilines is 3. The molecule has 1 aliphatic carbocycles. The summed E-state index contributed by atoms with van der Waals surface area (Å²) in [7, 11) is 0. The Kier molecular flexibility index (Phi) is 6.93. The van der Waals surface area contributed by atoms with E-state index in [9.17, 15) is 0 Å². The van der Waals surface area contributed by atoms with Gasteiger partial charge in [-0.1, -0.05) is 153 Å². The van der Waals surface area contributed by atoms with Crippen molar-refractivity contribution in [2.24, 2.45) is 0 Å². The number of fused-ring (bicyclic) bond motifs is 9. The van der Waals surface area contributed by atoms with Crippen LogP contribution in [-0.2, 0) is 5.41 Å². The fraction of sp³-hybridized carbons (Fsp3) is 0.0566. The lowest BCUT2D eigenvalue weighted by Crippen LogP contribution is -2.16. The highest BCUT2D eigenvalue weighted by molar-refractivity contribution is 6.22. The van der Waals surface area contributed by atoms with E-state index in [-0.39, 0.29) is 5.41 Å². The van der Waals surface area contributed by atoms with Crippen molar-refractivity contribution in [1.82, 2.24) is 0 Å². The molecule has 55 heavy (non-hydrogen) atoms. The fourth-order valence-electron chi connectivity index (χ4n) is 9.12. The van der Waals surface area contributed by atoms with E-state index < -0.39 is 0 Å². The molecule has 0 spiro atoms. The number of hydrogen-bond acceptors (Lipinski definition) is 2. The molecule has 0 fully saturated rings. The van der Waals surface area contributed by atoms with Crippen LogP contribution in [0.25, 0.3) is 76.9 Å². The second-order valence-corrected chi connectivity index (χ2v) is 15.3. The summed E-state index contributed by atoms with van der Waals surface area (Å²) in [5.41, 5.74) is 15.1. The van der Waals surface area contributed by atoms with E-state index in [1.165, 1.54) is 60.3 Å². The third-order valence-corrected chi connectivity index (χ3v) is 11.9. The van der Waals surface area contributed by atoms with Gasteiger partial charge in [0.05, 0.1) is 0 Å². The first-order valence-corrected chi connectivity index (χ1v) is 19.1. The van der Waals surface area contributed by atoms with Crippen molar-refractivity contribution in [2.45, 2.75) is 19.3 Å². The van der Waals surface area contributed by atoms with Crippen LogP contribution in [0.5, 0.6) is 0 Å². The van der Waals surface area contributed by atoms with Gasteiger partial charge >= 0.3 is 0 Å². The Morgan fingerprint density at radius 2 is 0.964 bits per heavy atom. The van der Waals surface area contributed by atoms with E-state index in [4.69, 9.17) is 4.42 Å². The number of hydrogen-bond donors (Lipinski definition) is 0. The van der Waals surface area contributed by atoms with Gasteiger partial charge in [0.25, 0.3) is 0 Å². The Morgan fingerprint density at radius 3 is 1.75 bits per heavy atom. The third kappa shape index (κ3) is 4.88. The minimum absolute atomic E-state index is 0.107. The van der Waals surface area contributed by atoms with Gasteiger partial charge in [-0.2, -0.15) is 0 Å². The molecule has 0 saturated carbocycles. The van der Waals surface area contributed by atoms with Crippen molar-refractivity contribution in [1.29, 1.82) is 0 Å². The van der Waals surface area contributed by atoms with E-state index in [1.54, 1.807) is 0 Å². The molecule has 2 heteroatoms. The quantitative estimate of drug-likeness (QED) is 0.177. The van der Waals surface area contributed by atoms with Crippen molar-refractivity contribution in [2.75, 3.05) is 4.90 Å². The zero-order valence-corrected chi connectivity index (χ0v) is 30.8. The Hall–Kier alpha value is -6.90. The van der Waals surface area contributed by atoms with E-state index >= 15 is 0 Å². The molecule has 0 amide bonds. The SMILES string of the molecule is CC1(C)c2ccccc2-c2ccc(N(c3ccc(-c4cccc5ccccc45)cc3)c3ccc(-c4cc5ccccc5c5c4oc4ccccc45)cc3)cc21. The molecule has 0 unspecified atom stereocenters. The molecule has 9 aromatic carbocycles. The van der Waals surface area contributed by atoms with Crippen molar-refractivity contribution in [3.05, 3.63) is 199 Å². The number of furan rings is 1. The summed E-state index contributed by atoms with van der Waals surface area (Å²) in [5, 5.41) is 7.24. The molecule has 0 N–H and O–H groups in total. The van der Waals surface area contributed by atoms with Crippen LogP contribution in [0.15, 0.2) is 192 Å². The normalized spacial score (nSPS) is 13.1. The van der Waals surface area contributed by atoms with Crippen LogP contribution in [0.4, 0.5) is 17.1 Å². The average Bonchev–Trinajstić information content (AvgIpc) is 3.74. The van der Waals surface area contributed by atoms with Gasteiger partial charge in [0.2, 0.25) is 0 Å². The molecule has 10 aromatic rings. The summed E-state index contributed by atoms with van der Waals surface area (Å²) in [4.78, 5) is 2.40. The summed E-state index contributed by atoms with van der Waals surface area (Å²) in [6.07, 6.45) is 0. The van der Waals surface area contributed by atoms with Crippen LogP contribution in [-0.4, -0.2) is 0 Å². The van der Waals surface area contributed by atoms with Gasteiger partial charge in [0.1, 0.15) is 11.2 Å². The smallest absolute Gasteiger partial charge is 0.143 e. The first-order chi connectivity index (χ1) is 27.0. The molecule has 1 aliphatic rings. The lowest BCUT2D eigenvalue weighted by molar-refractivity contribution is 0.660. The molecular formula is C53H37NO. The third-order valence-electron chi connectivity index (χ3n) is 11.9. The highest BCUT2D eigenvalue weighted by Gasteiger charge is 2.35. The Morgan fingerprint density at radius 1 is 0.400 bits per heavy atom. The second kappa shape index (κ2) is 12.1. The van der Waals surface area contributed by atoms with Crippen LogP contribution in [0.3, 0.4) is 0 Å². The zero-order chi connectivity index (χ0) is 36.7. The molecule has 0 aliphatic heterocycles. The molecule has 0 radical (unpaired) electrons. The Bertz CT molecular complexity index is 3110. The minimum atomic E-state index is -0.107. The highest BCUT2D eigenvalue weighted by atomic mass is 16.3. The molecule has 0 bridgehead atoms. The molecular weight excluding hydrogens is 667 g/mol. The van der Waals surface area contributed by atoms with Crippen LogP contribution < -0.4 is 4.90 Å². The van der Waals surface area contributed by atoms with Gasteiger partial charge in [0.15, 0.2) is 0 Å². The number of benzene rings is 9. The summed E-state index contributed by atoms with van der Waals surface area (Å²) >= 11 is 0. The fourth-order valence-corrected chi connectivity index (χ4v) is 9.12. The van der Waals surface area contributed by atoms with Crippen molar-refractivity contribution in [3.63, 3.8) is 0 Å². The maximum Gasteiger partial charge on any atom is 0.143 e. The topological polar surface area (TPSA) is 16.4 Å². The number of nitrogens with zero attached hydrogens (tertiary/aromatic N) is 1. The van der Waals surface area contributed by atoms with Crippen LogP contribution in [0.1, 0.15) is 25.0 Å². The van der Waals surface area contributed by atoms with Gasteiger partial charge in [-0.25, -0.2) is 0 Å². The summed E-state index contributed by atoms with van der Waals surface area (Å²) < 4.78 is 6.62. The van der Waals surface area contributed by atoms with Crippen molar-refractivity contribution < 1.29 is 4.42 Å². The molecule has 0 atom stereocenters. The summed E-state index contributed by atoms with van der Waals surface area (Å²) in [5.74, 6) is 0. The number of rotatable bonds is 5. The van der Waals surface area contributed by atoms with E-state index in [0.29, 0.717) is 0 Å². The van der Waals surface area contributed by atoms with Crippen molar-refractivity contribution in [3.8, 4) is 33.4 Å². The lowest BCUT2D eigenvalue weighted by Gasteiger charge is -2.28. The van der Waals surface area contributed by atoms with E-state index in [2.05, 4.69) is 201 Å². The maximum absolute atomic E-state index is 6.62. The summed E-state index contributed by atoms with van der Waals surface area (Å²) in [6, 6.07) is 68.4. The monoisotopic (exact) mass is 703 g/mol. The van der Waals surface area contributed by atoms with Crippen LogP contribution in [0, 0.1) is 0 Å². The first-order valence-electron chi connectivity index (χ1n) is 19.1. The molecule has 2 nitrogen and oxygen atoms in total. The Labute approximate surface area is 320 Å². The molecule has 1 heterocycles. The zero-order valence-electron chi connectivity index (χ0n) is 30.8.